The molecule has 0 saturated carbocycles. The number of methoxy groups -OCH3 is 3. The lowest BCUT2D eigenvalue weighted by Crippen LogP contribution is -2.10. The van der Waals surface area contributed by atoms with Gasteiger partial charge in [0.25, 0.3) is 0 Å². The van der Waals surface area contributed by atoms with Crippen LogP contribution in [-0.2, 0) is 20.4 Å². The van der Waals surface area contributed by atoms with E-state index in [-0.39, 0.29) is 10.9 Å². The van der Waals surface area contributed by atoms with Crippen LogP contribution in [0.3, 0.4) is 0 Å². The van der Waals surface area contributed by atoms with Crippen molar-refractivity contribution >= 4 is 10.9 Å². The zero-order valence-corrected chi connectivity index (χ0v) is 13.9. The molecule has 0 amide bonds. The lowest BCUT2D eigenvalue weighted by molar-refractivity contribution is 0.234. The third kappa shape index (κ3) is 7.37. The second-order valence-electron chi connectivity index (χ2n) is 4.36. The predicted octanol–water partition coefficient (Wildman–Crippen LogP) is 3.08. The molecule has 0 aliphatic heterocycles. The van der Waals surface area contributed by atoms with Gasteiger partial charge < -0.3 is 14.2 Å². The molecule has 0 saturated heterocycles. The van der Waals surface area contributed by atoms with Crippen LogP contribution in [-0.4, -0.2) is 46.0 Å². The molecule has 3 nitrogen and oxygen atoms in total. The first-order chi connectivity index (χ1) is 10.3. The van der Waals surface area contributed by atoms with Gasteiger partial charge in [-0.2, -0.15) is 0 Å². The highest BCUT2D eigenvalue weighted by molar-refractivity contribution is 7.97. The highest BCUT2D eigenvalue weighted by Crippen LogP contribution is 2.19. The molecule has 4 heteroatoms. The van der Waals surface area contributed by atoms with Crippen molar-refractivity contribution in [2.24, 2.45) is 0 Å². The van der Waals surface area contributed by atoms with Gasteiger partial charge in [-0.25, -0.2) is 0 Å². The molecule has 0 bridgehead atoms. The highest BCUT2D eigenvalue weighted by Gasteiger charge is 2.18. The standard InChI is InChI=1S/C17H25O3S/c1-18-12-4-6-14-21(15-7-5-13-19-2)17-10-8-16(20-3)9-11-17/h4-11H,12-15H2,1-3H3/q+1/b6-4-,7-5-. The molecule has 1 rings (SSSR count). The Hall–Kier alpha value is -1.23. The van der Waals surface area contributed by atoms with Crippen molar-refractivity contribution in [2.45, 2.75) is 4.90 Å². The van der Waals surface area contributed by atoms with E-state index in [1.807, 2.05) is 12.1 Å². The van der Waals surface area contributed by atoms with Crippen molar-refractivity contribution in [1.29, 1.82) is 0 Å². The van der Waals surface area contributed by atoms with Crippen LogP contribution >= 0.6 is 0 Å². The average molecular weight is 309 g/mol. The predicted molar refractivity (Wildman–Crippen MR) is 90.4 cm³/mol. The fourth-order valence-corrected chi connectivity index (χ4v) is 3.50. The van der Waals surface area contributed by atoms with Gasteiger partial charge in [0.05, 0.1) is 20.3 Å². The van der Waals surface area contributed by atoms with E-state index in [1.165, 1.54) is 4.90 Å². The first kappa shape index (κ1) is 17.8. The van der Waals surface area contributed by atoms with Gasteiger partial charge in [-0.05, 0) is 36.4 Å². The average Bonchev–Trinajstić information content (AvgIpc) is 2.53. The minimum atomic E-state index is 0.155. The summed E-state index contributed by atoms with van der Waals surface area (Å²) in [4.78, 5) is 1.35. The summed E-state index contributed by atoms with van der Waals surface area (Å²) < 4.78 is 15.3. The summed E-state index contributed by atoms with van der Waals surface area (Å²) in [5, 5.41) is 0. The maximum Gasteiger partial charge on any atom is 0.155 e. The van der Waals surface area contributed by atoms with E-state index in [0.717, 1.165) is 17.3 Å². The molecule has 0 N–H and O–H groups in total. The monoisotopic (exact) mass is 309 g/mol. The molecule has 0 fully saturated rings. The van der Waals surface area contributed by atoms with Gasteiger partial charge in [0.1, 0.15) is 17.3 Å². The van der Waals surface area contributed by atoms with Crippen LogP contribution in [0.4, 0.5) is 0 Å². The Bertz CT molecular complexity index is 408. The van der Waals surface area contributed by atoms with Crippen LogP contribution in [0, 0.1) is 0 Å². The van der Waals surface area contributed by atoms with Crippen molar-refractivity contribution < 1.29 is 14.2 Å². The SMILES string of the molecule is COC/C=C\C[S+](C/C=C\COC)c1ccc(OC)cc1. The number of benzene rings is 1. The lowest BCUT2D eigenvalue weighted by Gasteiger charge is -2.05. The molecule has 116 valence electrons. The number of ether oxygens (including phenoxy) is 3. The van der Waals surface area contributed by atoms with Gasteiger partial charge in [-0.15, -0.1) is 0 Å². The van der Waals surface area contributed by atoms with Gasteiger partial charge in [0, 0.05) is 25.1 Å². The summed E-state index contributed by atoms with van der Waals surface area (Å²) in [6.45, 7) is 1.33. The molecule has 21 heavy (non-hydrogen) atoms. The molecule has 0 aliphatic carbocycles. The Balaban J connectivity index is 2.68. The van der Waals surface area contributed by atoms with Crippen LogP contribution in [0.5, 0.6) is 5.75 Å². The Labute approximate surface area is 130 Å². The van der Waals surface area contributed by atoms with E-state index >= 15 is 0 Å². The zero-order valence-electron chi connectivity index (χ0n) is 13.1. The van der Waals surface area contributed by atoms with E-state index in [1.54, 1.807) is 21.3 Å². The third-order valence-electron chi connectivity index (χ3n) is 2.85. The molecule has 0 radical (unpaired) electrons. The van der Waals surface area contributed by atoms with Crippen LogP contribution in [0.1, 0.15) is 0 Å². The Morgan fingerprint density at radius 1 is 0.810 bits per heavy atom. The van der Waals surface area contributed by atoms with Crippen molar-refractivity contribution in [3.63, 3.8) is 0 Å². The van der Waals surface area contributed by atoms with Crippen LogP contribution in [0.25, 0.3) is 0 Å². The zero-order chi connectivity index (χ0) is 15.3. The van der Waals surface area contributed by atoms with Crippen molar-refractivity contribution in [3.8, 4) is 5.75 Å². The Kier molecular flexibility index (Phi) is 9.70. The molecule has 0 unspecified atom stereocenters. The second kappa shape index (κ2) is 11.4. The van der Waals surface area contributed by atoms with E-state index < -0.39 is 0 Å². The van der Waals surface area contributed by atoms with E-state index in [9.17, 15) is 0 Å². The molecule has 0 aliphatic rings. The molecule has 0 spiro atoms. The van der Waals surface area contributed by atoms with E-state index in [2.05, 4.69) is 36.4 Å². The highest BCUT2D eigenvalue weighted by atomic mass is 32.2. The summed E-state index contributed by atoms with van der Waals surface area (Å²) in [5.74, 6) is 2.94. The van der Waals surface area contributed by atoms with Crippen LogP contribution in [0.2, 0.25) is 0 Å². The molecular formula is C17H25O3S+. The van der Waals surface area contributed by atoms with Gasteiger partial charge in [-0.1, -0.05) is 12.2 Å². The maximum absolute atomic E-state index is 5.22. The molecule has 1 aromatic rings. The Morgan fingerprint density at radius 3 is 1.76 bits per heavy atom. The molecule has 1 aromatic carbocycles. The number of hydrogen-bond donors (Lipinski definition) is 0. The normalized spacial score (nSPS) is 11.8. The van der Waals surface area contributed by atoms with Gasteiger partial charge in [0.15, 0.2) is 4.90 Å². The fourth-order valence-electron chi connectivity index (χ4n) is 1.73. The first-order valence-corrected chi connectivity index (χ1v) is 8.47. The summed E-state index contributed by atoms with van der Waals surface area (Å²) in [5.41, 5.74) is 0. The van der Waals surface area contributed by atoms with Crippen LogP contribution < -0.4 is 4.74 Å². The molecule has 0 atom stereocenters. The van der Waals surface area contributed by atoms with E-state index in [0.29, 0.717) is 13.2 Å². The third-order valence-corrected chi connectivity index (χ3v) is 4.98. The van der Waals surface area contributed by atoms with Gasteiger partial charge >= 0.3 is 0 Å². The van der Waals surface area contributed by atoms with E-state index in [4.69, 9.17) is 14.2 Å². The summed E-state index contributed by atoms with van der Waals surface area (Å²) in [7, 11) is 5.26. The Morgan fingerprint density at radius 2 is 1.33 bits per heavy atom. The molecule has 0 aromatic heterocycles. The van der Waals surface area contributed by atoms with Crippen molar-refractivity contribution in [1.82, 2.24) is 0 Å². The minimum absolute atomic E-state index is 0.155. The summed E-state index contributed by atoms with van der Waals surface area (Å²) >= 11 is 0. The number of rotatable bonds is 10. The second-order valence-corrected chi connectivity index (χ2v) is 6.48. The van der Waals surface area contributed by atoms with Gasteiger partial charge in [0.2, 0.25) is 0 Å². The molecule has 0 heterocycles. The van der Waals surface area contributed by atoms with Crippen molar-refractivity contribution in [3.05, 3.63) is 48.6 Å². The minimum Gasteiger partial charge on any atom is -0.497 e. The number of hydrogen-bond acceptors (Lipinski definition) is 3. The maximum atomic E-state index is 5.22. The summed E-state index contributed by atoms with van der Waals surface area (Å²) in [6.07, 6.45) is 8.53. The smallest absolute Gasteiger partial charge is 0.155 e. The quantitative estimate of drug-likeness (QED) is 0.491. The molecular weight excluding hydrogens is 284 g/mol. The van der Waals surface area contributed by atoms with Gasteiger partial charge in [-0.3, -0.25) is 0 Å². The van der Waals surface area contributed by atoms with Crippen LogP contribution in [0.15, 0.2) is 53.5 Å². The summed E-state index contributed by atoms with van der Waals surface area (Å²) in [6, 6.07) is 8.34. The first-order valence-electron chi connectivity index (χ1n) is 6.91. The topological polar surface area (TPSA) is 27.7 Å². The lowest BCUT2D eigenvalue weighted by atomic mass is 10.3. The fraction of sp³-hybridized carbons (Fsp3) is 0.412. The largest absolute Gasteiger partial charge is 0.497 e. The van der Waals surface area contributed by atoms with Crippen molar-refractivity contribution in [2.75, 3.05) is 46.0 Å².